The summed E-state index contributed by atoms with van der Waals surface area (Å²) in [6.45, 7) is 1.54. The predicted molar refractivity (Wildman–Crippen MR) is 63.9 cm³/mol. The van der Waals surface area contributed by atoms with Crippen molar-refractivity contribution in [1.82, 2.24) is 0 Å². The molecule has 0 fully saturated rings. The lowest BCUT2D eigenvalue weighted by atomic mass is 10.2. The Labute approximate surface area is 103 Å². The van der Waals surface area contributed by atoms with Crippen LogP contribution in [0.2, 0.25) is 5.02 Å². The van der Waals surface area contributed by atoms with E-state index in [9.17, 15) is 9.59 Å². The lowest BCUT2D eigenvalue weighted by molar-refractivity contribution is -0.115. The molecule has 86 valence electrons. The zero-order valence-corrected chi connectivity index (χ0v) is 9.97. The molecular weight excluding hydrogens is 251 g/mol. The summed E-state index contributed by atoms with van der Waals surface area (Å²) in [6, 6.07) is 4.45. The van der Waals surface area contributed by atoms with E-state index in [1.165, 1.54) is 12.1 Å². The molecule has 0 aliphatic rings. The van der Waals surface area contributed by atoms with Gasteiger partial charge in [-0.15, -0.1) is 11.6 Å². The van der Waals surface area contributed by atoms with Gasteiger partial charge in [0, 0.05) is 5.69 Å². The molecule has 0 aliphatic carbocycles. The molecule has 1 aromatic rings. The molecule has 1 atom stereocenters. The van der Waals surface area contributed by atoms with E-state index in [-0.39, 0.29) is 16.5 Å². The van der Waals surface area contributed by atoms with E-state index in [4.69, 9.17) is 28.9 Å². The van der Waals surface area contributed by atoms with Gasteiger partial charge in [-0.25, -0.2) is 0 Å². The molecule has 1 unspecified atom stereocenters. The van der Waals surface area contributed by atoms with Crippen molar-refractivity contribution in [3.8, 4) is 0 Å². The minimum atomic E-state index is -0.660. The van der Waals surface area contributed by atoms with E-state index in [1.807, 2.05) is 0 Å². The molecule has 0 spiro atoms. The van der Waals surface area contributed by atoms with Gasteiger partial charge in [0.2, 0.25) is 11.8 Å². The van der Waals surface area contributed by atoms with Gasteiger partial charge in [0.15, 0.2) is 0 Å². The van der Waals surface area contributed by atoms with Crippen LogP contribution in [-0.4, -0.2) is 17.2 Å². The van der Waals surface area contributed by atoms with Crippen LogP contribution in [0, 0.1) is 0 Å². The molecule has 0 aliphatic heterocycles. The van der Waals surface area contributed by atoms with Crippen LogP contribution in [0.1, 0.15) is 17.3 Å². The number of alkyl halides is 1. The Bertz CT molecular complexity index is 433. The van der Waals surface area contributed by atoms with E-state index in [1.54, 1.807) is 13.0 Å². The molecule has 6 heteroatoms. The molecule has 2 amide bonds. The summed E-state index contributed by atoms with van der Waals surface area (Å²) in [6.07, 6.45) is 0. The zero-order valence-electron chi connectivity index (χ0n) is 8.46. The highest BCUT2D eigenvalue weighted by Crippen LogP contribution is 2.20. The van der Waals surface area contributed by atoms with Crippen LogP contribution in [0.5, 0.6) is 0 Å². The van der Waals surface area contributed by atoms with Crippen molar-refractivity contribution in [1.29, 1.82) is 0 Å². The van der Waals surface area contributed by atoms with Crippen LogP contribution in [0.4, 0.5) is 5.69 Å². The number of nitrogens with two attached hydrogens (primary N) is 1. The summed E-state index contributed by atoms with van der Waals surface area (Å²) in [5.74, 6) is -1.01. The van der Waals surface area contributed by atoms with Gasteiger partial charge < -0.3 is 11.1 Å². The first kappa shape index (κ1) is 12.8. The first-order valence-corrected chi connectivity index (χ1v) is 5.27. The monoisotopic (exact) mass is 260 g/mol. The van der Waals surface area contributed by atoms with Crippen LogP contribution < -0.4 is 11.1 Å². The number of hydrogen-bond acceptors (Lipinski definition) is 2. The third-order valence-corrected chi connectivity index (χ3v) is 2.39. The van der Waals surface area contributed by atoms with Gasteiger partial charge >= 0.3 is 0 Å². The van der Waals surface area contributed by atoms with Crippen LogP contribution in [0.25, 0.3) is 0 Å². The summed E-state index contributed by atoms with van der Waals surface area (Å²) in [5.41, 5.74) is 5.69. The van der Waals surface area contributed by atoms with Gasteiger partial charge in [0.25, 0.3) is 0 Å². The number of anilines is 1. The minimum Gasteiger partial charge on any atom is -0.366 e. The lowest BCUT2D eigenvalue weighted by Crippen LogP contribution is -2.20. The molecule has 0 aromatic heterocycles. The molecule has 1 aromatic carbocycles. The smallest absolute Gasteiger partial charge is 0.250 e. The van der Waals surface area contributed by atoms with Gasteiger partial charge in [-0.2, -0.15) is 0 Å². The van der Waals surface area contributed by atoms with Gasteiger partial charge in [-0.3, -0.25) is 9.59 Å². The van der Waals surface area contributed by atoms with Crippen LogP contribution in [-0.2, 0) is 4.79 Å². The number of primary amides is 1. The van der Waals surface area contributed by atoms with Crippen molar-refractivity contribution in [2.75, 3.05) is 5.32 Å². The topological polar surface area (TPSA) is 72.2 Å². The third kappa shape index (κ3) is 3.12. The number of benzene rings is 1. The van der Waals surface area contributed by atoms with Crippen LogP contribution >= 0.6 is 23.2 Å². The Kier molecular flexibility index (Phi) is 4.15. The predicted octanol–water partition coefficient (Wildman–Crippen LogP) is 2.00. The van der Waals surface area contributed by atoms with Gasteiger partial charge in [-0.05, 0) is 25.1 Å². The van der Waals surface area contributed by atoms with Crippen LogP contribution in [0.3, 0.4) is 0 Å². The summed E-state index contributed by atoms with van der Waals surface area (Å²) >= 11 is 11.3. The maximum atomic E-state index is 11.3. The van der Waals surface area contributed by atoms with E-state index >= 15 is 0 Å². The summed E-state index contributed by atoms with van der Waals surface area (Å²) < 4.78 is 0. The number of carbonyl (C=O) groups is 2. The minimum absolute atomic E-state index is 0.154. The quantitative estimate of drug-likeness (QED) is 0.817. The molecule has 0 saturated carbocycles. The zero-order chi connectivity index (χ0) is 12.3. The Balaban J connectivity index is 2.95. The second-order valence-corrected chi connectivity index (χ2v) is 4.23. The standard InChI is InChI=1S/C10H10Cl2N2O2/c1-5(11)10(16)14-6-2-3-8(12)7(4-6)9(13)15/h2-5H,1H3,(H2,13,15)(H,14,16). The fraction of sp³-hybridized carbons (Fsp3) is 0.200. The highest BCUT2D eigenvalue weighted by molar-refractivity contribution is 6.34. The molecule has 3 N–H and O–H groups in total. The number of halogens is 2. The van der Waals surface area contributed by atoms with Crippen molar-refractivity contribution < 1.29 is 9.59 Å². The summed E-state index contributed by atoms with van der Waals surface area (Å²) in [5, 5.41) is 2.11. The SMILES string of the molecule is CC(Cl)C(=O)Nc1ccc(Cl)c(C(N)=O)c1. The number of carbonyl (C=O) groups excluding carboxylic acids is 2. The molecule has 1 rings (SSSR count). The molecule has 0 radical (unpaired) electrons. The second-order valence-electron chi connectivity index (χ2n) is 3.16. The maximum Gasteiger partial charge on any atom is 0.250 e. The third-order valence-electron chi connectivity index (χ3n) is 1.86. The normalized spacial score (nSPS) is 11.9. The fourth-order valence-corrected chi connectivity index (χ4v) is 1.30. The molecule has 4 nitrogen and oxygen atoms in total. The largest absolute Gasteiger partial charge is 0.366 e. The molecule has 16 heavy (non-hydrogen) atoms. The second kappa shape index (κ2) is 5.18. The van der Waals surface area contributed by atoms with Crippen molar-refractivity contribution in [2.24, 2.45) is 5.73 Å². The van der Waals surface area contributed by atoms with Crippen molar-refractivity contribution in [3.63, 3.8) is 0 Å². The molecule has 0 heterocycles. The highest BCUT2D eigenvalue weighted by atomic mass is 35.5. The first-order valence-electron chi connectivity index (χ1n) is 4.46. The fourth-order valence-electron chi connectivity index (χ4n) is 1.03. The average molecular weight is 261 g/mol. The highest BCUT2D eigenvalue weighted by Gasteiger charge is 2.12. The van der Waals surface area contributed by atoms with Crippen molar-refractivity contribution in [3.05, 3.63) is 28.8 Å². The molecular formula is C10H10Cl2N2O2. The van der Waals surface area contributed by atoms with E-state index in [2.05, 4.69) is 5.32 Å². The summed E-state index contributed by atoms with van der Waals surface area (Å²) in [7, 11) is 0. The Hall–Kier alpha value is -1.26. The van der Waals surface area contributed by atoms with Crippen molar-refractivity contribution in [2.45, 2.75) is 12.3 Å². The maximum absolute atomic E-state index is 11.3. The van der Waals surface area contributed by atoms with E-state index < -0.39 is 11.3 Å². The summed E-state index contributed by atoms with van der Waals surface area (Å²) in [4.78, 5) is 22.3. The van der Waals surface area contributed by atoms with Gasteiger partial charge in [0.1, 0.15) is 5.38 Å². The number of rotatable bonds is 3. The van der Waals surface area contributed by atoms with Crippen molar-refractivity contribution >= 4 is 40.7 Å². The van der Waals surface area contributed by atoms with E-state index in [0.29, 0.717) is 5.69 Å². The molecule has 0 bridgehead atoms. The number of nitrogens with one attached hydrogen (secondary N) is 1. The Morgan fingerprint density at radius 3 is 2.56 bits per heavy atom. The van der Waals surface area contributed by atoms with Gasteiger partial charge in [-0.1, -0.05) is 11.6 Å². The average Bonchev–Trinajstić information content (AvgIpc) is 2.20. The molecule has 0 saturated heterocycles. The Morgan fingerprint density at radius 2 is 2.06 bits per heavy atom. The first-order chi connectivity index (χ1) is 7.41. The van der Waals surface area contributed by atoms with Gasteiger partial charge in [0.05, 0.1) is 10.6 Å². The Morgan fingerprint density at radius 1 is 1.44 bits per heavy atom. The number of hydrogen-bond donors (Lipinski definition) is 2. The number of amides is 2. The van der Waals surface area contributed by atoms with E-state index in [0.717, 1.165) is 0 Å². The lowest BCUT2D eigenvalue weighted by Gasteiger charge is -2.08. The van der Waals surface area contributed by atoms with Crippen LogP contribution in [0.15, 0.2) is 18.2 Å².